The van der Waals surface area contributed by atoms with Crippen LogP contribution in [0.1, 0.15) is 29.9 Å². The Balaban J connectivity index is 1.51. The number of aromatic nitrogens is 2. The Morgan fingerprint density at radius 2 is 2.00 bits per heavy atom. The molecule has 0 radical (unpaired) electrons. The van der Waals surface area contributed by atoms with Gasteiger partial charge in [0.25, 0.3) is 0 Å². The molecule has 1 fully saturated rings. The van der Waals surface area contributed by atoms with Crippen LogP contribution < -0.4 is 14.4 Å². The van der Waals surface area contributed by atoms with Crippen molar-refractivity contribution in [1.82, 2.24) is 14.7 Å². The molecule has 0 amide bonds. The van der Waals surface area contributed by atoms with E-state index in [1.54, 1.807) is 18.2 Å². The Labute approximate surface area is 153 Å². The molecule has 0 saturated carbocycles. The third-order valence-corrected chi connectivity index (χ3v) is 6.11. The number of rotatable bonds is 5. The fraction of sp³-hybridized carbons (Fsp3) is 0.444. The number of fused-ring (bicyclic) bond motifs is 1. The number of aryl methyl sites for hydroxylation is 1. The molecular formula is C18H22N4O3S. The van der Waals surface area contributed by atoms with Gasteiger partial charge in [-0.25, -0.2) is 23.1 Å². The van der Waals surface area contributed by atoms with Gasteiger partial charge in [0.2, 0.25) is 10.0 Å². The van der Waals surface area contributed by atoms with Crippen molar-refractivity contribution in [2.24, 2.45) is 0 Å². The first-order chi connectivity index (χ1) is 12.5. The Hall–Kier alpha value is -2.19. The van der Waals surface area contributed by atoms with Gasteiger partial charge in [0.1, 0.15) is 17.4 Å². The Morgan fingerprint density at radius 1 is 1.19 bits per heavy atom. The summed E-state index contributed by atoms with van der Waals surface area (Å²) in [5.41, 5.74) is 1.77. The number of ether oxygens (including phenoxy) is 1. The summed E-state index contributed by atoms with van der Waals surface area (Å²) in [6, 6.07) is 6.91. The normalized spacial score (nSPS) is 16.6. The quantitative estimate of drug-likeness (QED) is 0.859. The Morgan fingerprint density at radius 3 is 2.81 bits per heavy atom. The minimum Gasteiger partial charge on any atom is -0.493 e. The van der Waals surface area contributed by atoms with Crippen LogP contribution in [0.15, 0.2) is 29.2 Å². The number of anilines is 1. The average Bonchev–Trinajstić information content (AvgIpc) is 3.30. The highest BCUT2D eigenvalue weighted by molar-refractivity contribution is 7.89. The van der Waals surface area contributed by atoms with Crippen LogP contribution in [0, 0.1) is 6.92 Å². The number of hydrogen-bond donors (Lipinski definition) is 1. The molecule has 0 spiro atoms. The van der Waals surface area contributed by atoms with E-state index < -0.39 is 10.0 Å². The van der Waals surface area contributed by atoms with Crippen LogP contribution in [0.2, 0.25) is 0 Å². The predicted octanol–water partition coefficient (Wildman–Crippen LogP) is 1.80. The highest BCUT2D eigenvalue weighted by Crippen LogP contribution is 2.27. The molecule has 26 heavy (non-hydrogen) atoms. The molecule has 1 N–H and O–H groups in total. The number of hydrogen-bond acceptors (Lipinski definition) is 6. The van der Waals surface area contributed by atoms with Crippen LogP contribution in [0.5, 0.6) is 5.75 Å². The van der Waals surface area contributed by atoms with E-state index in [4.69, 9.17) is 4.74 Å². The zero-order valence-corrected chi connectivity index (χ0v) is 15.6. The first-order valence-corrected chi connectivity index (χ1v) is 10.3. The smallest absolute Gasteiger partial charge is 0.240 e. The minimum absolute atomic E-state index is 0.0679. The van der Waals surface area contributed by atoms with Crippen molar-refractivity contribution in [3.05, 3.63) is 41.3 Å². The summed E-state index contributed by atoms with van der Waals surface area (Å²) >= 11 is 0. The highest BCUT2D eigenvalue weighted by atomic mass is 32.2. The van der Waals surface area contributed by atoms with Crippen LogP contribution in [0.4, 0.5) is 5.82 Å². The average molecular weight is 374 g/mol. The molecule has 2 aromatic rings. The maximum Gasteiger partial charge on any atom is 0.240 e. The van der Waals surface area contributed by atoms with Gasteiger partial charge < -0.3 is 9.64 Å². The first kappa shape index (κ1) is 17.2. The summed E-state index contributed by atoms with van der Waals surface area (Å²) in [6.07, 6.45) is 3.05. The van der Waals surface area contributed by atoms with E-state index in [9.17, 15) is 8.42 Å². The lowest BCUT2D eigenvalue weighted by Crippen LogP contribution is -2.26. The van der Waals surface area contributed by atoms with E-state index in [-0.39, 0.29) is 11.4 Å². The molecule has 1 aromatic carbocycles. The van der Waals surface area contributed by atoms with Crippen molar-refractivity contribution in [2.75, 3.05) is 24.6 Å². The minimum atomic E-state index is -3.62. The van der Waals surface area contributed by atoms with E-state index in [1.165, 1.54) is 0 Å². The van der Waals surface area contributed by atoms with Crippen molar-refractivity contribution >= 4 is 15.8 Å². The number of nitrogens with zero attached hydrogens (tertiary/aromatic N) is 3. The number of benzene rings is 1. The third kappa shape index (κ3) is 3.52. The van der Waals surface area contributed by atoms with E-state index in [1.807, 2.05) is 13.0 Å². The van der Waals surface area contributed by atoms with E-state index in [2.05, 4.69) is 19.6 Å². The molecule has 8 heteroatoms. The van der Waals surface area contributed by atoms with Gasteiger partial charge in [-0.05, 0) is 43.5 Å². The topological polar surface area (TPSA) is 84.4 Å². The second kappa shape index (κ2) is 6.85. The van der Waals surface area contributed by atoms with Gasteiger partial charge in [-0.15, -0.1) is 0 Å². The molecule has 2 aliphatic rings. The molecule has 138 valence electrons. The lowest BCUT2D eigenvalue weighted by Gasteiger charge is -2.17. The van der Waals surface area contributed by atoms with E-state index in [0.29, 0.717) is 12.4 Å². The largest absolute Gasteiger partial charge is 0.493 e. The molecule has 0 bridgehead atoms. The van der Waals surface area contributed by atoms with Crippen LogP contribution in [-0.4, -0.2) is 38.1 Å². The first-order valence-electron chi connectivity index (χ1n) is 8.86. The van der Waals surface area contributed by atoms with Gasteiger partial charge in [-0.2, -0.15) is 0 Å². The highest BCUT2D eigenvalue weighted by Gasteiger charge is 2.20. The van der Waals surface area contributed by atoms with Crippen LogP contribution >= 0.6 is 0 Å². The van der Waals surface area contributed by atoms with Gasteiger partial charge in [0, 0.05) is 31.3 Å². The monoisotopic (exact) mass is 374 g/mol. The predicted molar refractivity (Wildman–Crippen MR) is 97.9 cm³/mol. The number of sulfonamides is 1. The van der Waals surface area contributed by atoms with Crippen molar-refractivity contribution in [1.29, 1.82) is 0 Å². The second-order valence-electron chi connectivity index (χ2n) is 6.67. The van der Waals surface area contributed by atoms with Gasteiger partial charge in [-0.3, -0.25) is 0 Å². The third-order valence-electron chi connectivity index (χ3n) is 4.71. The fourth-order valence-corrected chi connectivity index (χ4v) is 4.40. The molecule has 0 unspecified atom stereocenters. The van der Waals surface area contributed by atoms with E-state index in [0.717, 1.165) is 55.2 Å². The molecule has 3 heterocycles. The summed E-state index contributed by atoms with van der Waals surface area (Å²) < 4.78 is 33.3. The van der Waals surface area contributed by atoms with Crippen LogP contribution in [-0.2, 0) is 23.0 Å². The molecule has 1 aromatic heterocycles. The van der Waals surface area contributed by atoms with Crippen molar-refractivity contribution in [2.45, 2.75) is 37.6 Å². The lowest BCUT2D eigenvalue weighted by molar-refractivity contribution is 0.356. The van der Waals surface area contributed by atoms with Crippen molar-refractivity contribution < 1.29 is 13.2 Å². The van der Waals surface area contributed by atoms with Crippen LogP contribution in [0.3, 0.4) is 0 Å². The fourth-order valence-electron chi connectivity index (χ4n) is 3.37. The molecule has 1 saturated heterocycles. The van der Waals surface area contributed by atoms with E-state index >= 15 is 0 Å². The number of nitrogens with one attached hydrogen (secondary N) is 1. The molecule has 7 nitrogen and oxygen atoms in total. The summed E-state index contributed by atoms with van der Waals surface area (Å²) in [5, 5.41) is 0. The standard InChI is InChI=1S/C18H22N4O3S/c1-13-10-18(22-7-2-3-8-22)21-17(20-13)12-19-26(23,24)15-4-5-16-14(11-15)6-9-25-16/h4-5,10-11,19H,2-3,6-9,12H2,1H3. The van der Waals surface area contributed by atoms with Crippen LogP contribution in [0.25, 0.3) is 0 Å². The summed E-state index contributed by atoms with van der Waals surface area (Å²) in [5.74, 6) is 2.13. The summed E-state index contributed by atoms with van der Waals surface area (Å²) in [6.45, 7) is 4.54. The van der Waals surface area contributed by atoms with Gasteiger partial charge in [-0.1, -0.05) is 0 Å². The van der Waals surface area contributed by atoms with Crippen molar-refractivity contribution in [3.8, 4) is 5.75 Å². The van der Waals surface area contributed by atoms with Gasteiger partial charge in [0.15, 0.2) is 0 Å². The molecular weight excluding hydrogens is 352 g/mol. The van der Waals surface area contributed by atoms with Gasteiger partial charge in [0.05, 0.1) is 18.0 Å². The summed E-state index contributed by atoms with van der Waals surface area (Å²) in [4.78, 5) is 11.4. The van der Waals surface area contributed by atoms with Gasteiger partial charge >= 0.3 is 0 Å². The summed E-state index contributed by atoms with van der Waals surface area (Å²) in [7, 11) is -3.62. The second-order valence-corrected chi connectivity index (χ2v) is 8.44. The maximum absolute atomic E-state index is 12.6. The zero-order valence-electron chi connectivity index (χ0n) is 14.7. The van der Waals surface area contributed by atoms with Crippen molar-refractivity contribution in [3.63, 3.8) is 0 Å². The maximum atomic E-state index is 12.6. The Bertz CT molecular complexity index is 924. The molecule has 4 rings (SSSR count). The SMILES string of the molecule is Cc1cc(N2CCCC2)nc(CNS(=O)(=O)c2ccc3c(c2)CCO3)n1. The molecule has 0 aliphatic carbocycles. The Kier molecular flexibility index (Phi) is 4.54. The molecule has 0 atom stereocenters. The zero-order chi connectivity index (χ0) is 18.1. The lowest BCUT2D eigenvalue weighted by atomic mass is 10.2. The molecule has 2 aliphatic heterocycles.